The number of fused-ring (bicyclic) bond motifs is 3. The van der Waals surface area contributed by atoms with Gasteiger partial charge in [-0.3, -0.25) is 19.3 Å². The minimum atomic E-state index is -0.445. The Bertz CT molecular complexity index is 1290. The molecule has 2 aliphatic rings. The van der Waals surface area contributed by atoms with E-state index in [1.165, 1.54) is 10.4 Å². The van der Waals surface area contributed by atoms with E-state index >= 15 is 0 Å². The largest absolute Gasteiger partial charge is 0.355 e. The first-order valence-electron chi connectivity index (χ1n) is 12.4. The third-order valence-electron chi connectivity index (χ3n) is 7.08. The van der Waals surface area contributed by atoms with Gasteiger partial charge in [0.1, 0.15) is 16.9 Å². The molecular formula is C26H32ClN7OS. The Morgan fingerprint density at radius 2 is 1.83 bits per heavy atom. The molecule has 3 aromatic rings. The molecule has 0 radical (unpaired) electrons. The number of thiophene rings is 1. The Morgan fingerprint density at radius 3 is 2.56 bits per heavy atom. The number of nitrogens with zero attached hydrogens (tertiary/aromatic N) is 6. The van der Waals surface area contributed by atoms with Crippen LogP contribution in [0.1, 0.15) is 45.7 Å². The van der Waals surface area contributed by atoms with Crippen LogP contribution in [0.4, 0.5) is 0 Å². The van der Waals surface area contributed by atoms with Gasteiger partial charge in [0.15, 0.2) is 5.82 Å². The summed E-state index contributed by atoms with van der Waals surface area (Å²) in [5, 5.41) is 13.7. The first-order valence-corrected chi connectivity index (χ1v) is 13.5. The van der Waals surface area contributed by atoms with E-state index in [4.69, 9.17) is 16.6 Å². The van der Waals surface area contributed by atoms with Gasteiger partial charge in [0.2, 0.25) is 5.91 Å². The number of amides is 1. The lowest BCUT2D eigenvalue weighted by Crippen LogP contribution is -2.47. The number of hydrogen-bond donors (Lipinski definition) is 1. The third kappa shape index (κ3) is 4.98. The van der Waals surface area contributed by atoms with Gasteiger partial charge in [-0.2, -0.15) is 0 Å². The average molecular weight is 526 g/mol. The highest BCUT2D eigenvalue weighted by molar-refractivity contribution is 7.15. The molecule has 1 unspecified atom stereocenters. The van der Waals surface area contributed by atoms with Crippen LogP contribution in [0.2, 0.25) is 5.02 Å². The van der Waals surface area contributed by atoms with E-state index in [2.05, 4.69) is 50.8 Å². The second-order valence-electron chi connectivity index (χ2n) is 9.60. The molecular weight excluding hydrogens is 494 g/mol. The van der Waals surface area contributed by atoms with Crippen LogP contribution in [0, 0.1) is 20.8 Å². The van der Waals surface area contributed by atoms with Crippen LogP contribution in [-0.2, 0) is 4.79 Å². The summed E-state index contributed by atoms with van der Waals surface area (Å²) >= 11 is 7.90. The Hall–Kier alpha value is -2.59. The number of aromatic nitrogens is 3. The fourth-order valence-corrected chi connectivity index (χ4v) is 6.15. The first-order chi connectivity index (χ1) is 17.3. The van der Waals surface area contributed by atoms with Crippen LogP contribution in [-0.4, -0.2) is 82.5 Å². The van der Waals surface area contributed by atoms with Gasteiger partial charge in [-0.1, -0.05) is 23.7 Å². The summed E-state index contributed by atoms with van der Waals surface area (Å²) in [7, 11) is 2.15. The highest BCUT2D eigenvalue weighted by Crippen LogP contribution is 2.39. The molecule has 1 saturated heterocycles. The van der Waals surface area contributed by atoms with E-state index in [1.807, 2.05) is 31.2 Å². The van der Waals surface area contributed by atoms with E-state index < -0.39 is 6.04 Å². The predicted octanol–water partition coefficient (Wildman–Crippen LogP) is 3.55. The highest BCUT2D eigenvalue weighted by Gasteiger charge is 2.32. The molecule has 2 aliphatic heterocycles. The van der Waals surface area contributed by atoms with Crippen LogP contribution in [0.15, 0.2) is 29.3 Å². The van der Waals surface area contributed by atoms with E-state index in [9.17, 15) is 4.79 Å². The van der Waals surface area contributed by atoms with Crippen molar-refractivity contribution in [3.05, 3.63) is 62.5 Å². The minimum Gasteiger partial charge on any atom is -0.355 e. The lowest BCUT2D eigenvalue weighted by Gasteiger charge is -2.32. The lowest BCUT2D eigenvalue weighted by molar-refractivity contribution is -0.121. The molecule has 4 heterocycles. The molecule has 1 N–H and O–H groups in total. The maximum atomic E-state index is 13.1. The summed E-state index contributed by atoms with van der Waals surface area (Å²) in [4.78, 5) is 24.2. The summed E-state index contributed by atoms with van der Waals surface area (Å²) in [5.74, 6) is 1.47. The van der Waals surface area contributed by atoms with E-state index in [0.29, 0.717) is 17.4 Å². The predicted molar refractivity (Wildman–Crippen MR) is 145 cm³/mol. The molecule has 0 aliphatic carbocycles. The van der Waals surface area contributed by atoms with Gasteiger partial charge in [0.05, 0.1) is 12.1 Å². The molecule has 0 bridgehead atoms. The molecule has 1 aromatic carbocycles. The van der Waals surface area contributed by atoms with E-state index in [1.54, 1.807) is 11.3 Å². The third-order valence-corrected chi connectivity index (χ3v) is 8.53. The number of benzene rings is 1. The fraction of sp³-hybridized carbons (Fsp3) is 0.462. The van der Waals surface area contributed by atoms with Gasteiger partial charge >= 0.3 is 0 Å². The molecule has 8 nitrogen and oxygen atoms in total. The zero-order valence-corrected chi connectivity index (χ0v) is 22.8. The Labute approximate surface area is 221 Å². The summed E-state index contributed by atoms with van der Waals surface area (Å²) in [6.07, 6.45) is 0.213. The first kappa shape index (κ1) is 25.1. The molecule has 5 rings (SSSR count). The molecule has 0 saturated carbocycles. The average Bonchev–Trinajstić information content (AvgIpc) is 3.33. The topological polar surface area (TPSA) is 78.7 Å². The normalized spacial score (nSPS) is 18.4. The number of aryl methyl sites for hydroxylation is 2. The molecule has 1 fully saturated rings. The molecule has 190 valence electrons. The van der Waals surface area contributed by atoms with Gasteiger partial charge in [-0.15, -0.1) is 21.5 Å². The van der Waals surface area contributed by atoms with Crippen LogP contribution in [0.3, 0.4) is 0 Å². The number of nitrogens with one attached hydrogen (secondary N) is 1. The number of hydrogen-bond acceptors (Lipinski definition) is 7. The van der Waals surface area contributed by atoms with Crippen molar-refractivity contribution >= 4 is 34.6 Å². The van der Waals surface area contributed by atoms with Crippen molar-refractivity contribution in [2.24, 2.45) is 4.99 Å². The zero-order chi connectivity index (χ0) is 25.4. The molecule has 0 spiro atoms. The fourth-order valence-electron chi connectivity index (χ4n) is 4.81. The molecule has 2 aromatic heterocycles. The van der Waals surface area contributed by atoms with Crippen molar-refractivity contribution in [1.29, 1.82) is 0 Å². The maximum Gasteiger partial charge on any atom is 0.222 e. The van der Waals surface area contributed by atoms with Crippen molar-refractivity contribution in [2.45, 2.75) is 33.2 Å². The molecule has 1 atom stereocenters. The lowest BCUT2D eigenvalue weighted by atomic mass is 9.99. The van der Waals surface area contributed by atoms with Gasteiger partial charge in [0.25, 0.3) is 0 Å². The van der Waals surface area contributed by atoms with Crippen molar-refractivity contribution in [1.82, 2.24) is 29.9 Å². The Balaban J connectivity index is 1.43. The van der Waals surface area contributed by atoms with Crippen LogP contribution >= 0.6 is 22.9 Å². The number of carbonyl (C=O) groups is 1. The number of likely N-dealkylation sites (N-methyl/N-ethyl adjacent to an activating group) is 1. The van der Waals surface area contributed by atoms with Gasteiger partial charge < -0.3 is 10.2 Å². The number of rotatable bonds is 6. The van der Waals surface area contributed by atoms with E-state index in [-0.39, 0.29) is 12.3 Å². The maximum absolute atomic E-state index is 13.1. The molecule has 36 heavy (non-hydrogen) atoms. The number of halogens is 1. The molecule has 10 heteroatoms. The highest BCUT2D eigenvalue weighted by atomic mass is 35.5. The summed E-state index contributed by atoms with van der Waals surface area (Å²) in [5.41, 5.74) is 4.09. The number of carbonyl (C=O) groups excluding carboxylic acids is 1. The van der Waals surface area contributed by atoms with Crippen molar-refractivity contribution < 1.29 is 4.79 Å². The Morgan fingerprint density at radius 1 is 1.11 bits per heavy atom. The van der Waals surface area contributed by atoms with Crippen LogP contribution in [0.5, 0.6) is 0 Å². The summed E-state index contributed by atoms with van der Waals surface area (Å²) < 4.78 is 2.08. The summed E-state index contributed by atoms with van der Waals surface area (Å²) in [6, 6.07) is 7.29. The van der Waals surface area contributed by atoms with Crippen LogP contribution < -0.4 is 5.32 Å². The van der Waals surface area contributed by atoms with Crippen molar-refractivity contribution in [3.63, 3.8) is 0 Å². The Kier molecular flexibility index (Phi) is 7.25. The number of aliphatic imine (C=N–C) groups is 1. The zero-order valence-electron chi connectivity index (χ0n) is 21.2. The van der Waals surface area contributed by atoms with Gasteiger partial charge in [0, 0.05) is 60.3 Å². The second kappa shape index (κ2) is 10.4. The minimum absolute atomic E-state index is 0.0290. The monoisotopic (exact) mass is 525 g/mol. The van der Waals surface area contributed by atoms with Crippen LogP contribution in [0.25, 0.3) is 5.00 Å². The SMILES string of the molecule is Cc1sc2c(c1C)C(c1ccc(Cl)cc1)=NC(CC(=O)NCCN1CCN(C)CC1)c1nnc(C)n1-2. The second-order valence-corrected chi connectivity index (χ2v) is 11.2. The van der Waals surface area contributed by atoms with E-state index in [0.717, 1.165) is 60.4 Å². The van der Waals surface area contributed by atoms with Crippen molar-refractivity contribution in [3.8, 4) is 5.00 Å². The number of piperazine rings is 1. The van der Waals surface area contributed by atoms with Gasteiger partial charge in [-0.25, -0.2) is 0 Å². The standard InChI is InChI=1S/C26H32ClN7OS/c1-16-17(2)36-26-23(16)24(19-5-7-20(27)8-6-19)29-21(25-31-30-18(3)34(25)26)15-22(35)28-9-10-33-13-11-32(4)12-14-33/h5-8,21H,9-15H2,1-4H3,(H,28,35). The summed E-state index contributed by atoms with van der Waals surface area (Å²) in [6.45, 7) is 11.9. The quantitative estimate of drug-likeness (QED) is 0.532. The van der Waals surface area contributed by atoms with Gasteiger partial charge in [-0.05, 0) is 45.5 Å². The molecule has 1 amide bonds. The smallest absolute Gasteiger partial charge is 0.222 e. The van der Waals surface area contributed by atoms with Crippen molar-refractivity contribution in [2.75, 3.05) is 46.3 Å².